The zero-order valence-electron chi connectivity index (χ0n) is 10.7. The molecule has 18 heavy (non-hydrogen) atoms. The maximum absolute atomic E-state index is 11.5. The molecule has 0 aromatic heterocycles. The van der Waals surface area contributed by atoms with Crippen LogP contribution in [0.4, 0.5) is 5.69 Å². The third-order valence-electron chi connectivity index (χ3n) is 3.54. The number of sulfone groups is 1. The van der Waals surface area contributed by atoms with Gasteiger partial charge in [0.25, 0.3) is 0 Å². The summed E-state index contributed by atoms with van der Waals surface area (Å²) < 4.78 is 22.9. The summed E-state index contributed by atoms with van der Waals surface area (Å²) in [7, 11) is -0.932. The van der Waals surface area contributed by atoms with Crippen molar-refractivity contribution in [3.63, 3.8) is 0 Å². The lowest BCUT2D eigenvalue weighted by Gasteiger charge is -2.25. The molecule has 1 aliphatic heterocycles. The van der Waals surface area contributed by atoms with E-state index in [1.54, 1.807) is 6.92 Å². The van der Waals surface area contributed by atoms with E-state index in [9.17, 15) is 13.5 Å². The standard InChI is InChI=1S/C13H19NO3S/c1-10(15)11-3-5-12(6-4-11)14(2)13-7-8-18(16,17)9-13/h3-6,10,13,15H,7-9H2,1-2H3. The highest BCUT2D eigenvalue weighted by molar-refractivity contribution is 7.91. The number of rotatable bonds is 3. The first-order valence-corrected chi connectivity index (χ1v) is 7.92. The Labute approximate surface area is 108 Å². The van der Waals surface area contributed by atoms with Gasteiger partial charge in [0.2, 0.25) is 0 Å². The van der Waals surface area contributed by atoms with Crippen molar-refractivity contribution in [2.45, 2.75) is 25.5 Å². The highest BCUT2D eigenvalue weighted by Crippen LogP contribution is 2.24. The van der Waals surface area contributed by atoms with Gasteiger partial charge in [0.15, 0.2) is 9.84 Å². The molecule has 5 heteroatoms. The summed E-state index contributed by atoms with van der Waals surface area (Å²) in [4.78, 5) is 2.01. The molecule has 0 spiro atoms. The van der Waals surface area contributed by atoms with Crippen LogP contribution in [0.15, 0.2) is 24.3 Å². The Hall–Kier alpha value is -1.07. The molecule has 0 saturated carbocycles. The molecule has 0 amide bonds. The normalized spacial score (nSPS) is 23.8. The third-order valence-corrected chi connectivity index (χ3v) is 5.29. The lowest BCUT2D eigenvalue weighted by atomic mass is 10.1. The minimum atomic E-state index is -2.85. The second-order valence-corrected chi connectivity index (χ2v) is 7.16. The molecular formula is C13H19NO3S. The molecule has 1 aromatic carbocycles. The fourth-order valence-corrected chi connectivity index (χ4v) is 4.05. The van der Waals surface area contributed by atoms with Crippen molar-refractivity contribution in [2.75, 3.05) is 23.5 Å². The van der Waals surface area contributed by atoms with E-state index in [2.05, 4.69) is 0 Å². The fourth-order valence-electron chi connectivity index (χ4n) is 2.28. The van der Waals surface area contributed by atoms with E-state index in [1.807, 2.05) is 36.2 Å². The van der Waals surface area contributed by atoms with Crippen molar-refractivity contribution >= 4 is 15.5 Å². The average molecular weight is 269 g/mol. The van der Waals surface area contributed by atoms with Gasteiger partial charge in [-0.3, -0.25) is 0 Å². The van der Waals surface area contributed by atoms with E-state index in [4.69, 9.17) is 0 Å². The van der Waals surface area contributed by atoms with Crippen LogP contribution in [-0.2, 0) is 9.84 Å². The van der Waals surface area contributed by atoms with Crippen molar-refractivity contribution in [1.29, 1.82) is 0 Å². The van der Waals surface area contributed by atoms with E-state index in [0.717, 1.165) is 11.3 Å². The van der Waals surface area contributed by atoms with Crippen molar-refractivity contribution < 1.29 is 13.5 Å². The molecule has 2 atom stereocenters. The lowest BCUT2D eigenvalue weighted by molar-refractivity contribution is 0.199. The van der Waals surface area contributed by atoms with E-state index >= 15 is 0 Å². The fraction of sp³-hybridized carbons (Fsp3) is 0.538. The van der Waals surface area contributed by atoms with Gasteiger partial charge < -0.3 is 10.0 Å². The van der Waals surface area contributed by atoms with Crippen LogP contribution in [-0.4, -0.2) is 38.1 Å². The molecule has 1 aliphatic rings. The highest BCUT2D eigenvalue weighted by Gasteiger charge is 2.30. The largest absolute Gasteiger partial charge is 0.389 e. The Bertz CT molecular complexity index is 508. The first-order valence-electron chi connectivity index (χ1n) is 6.10. The zero-order valence-corrected chi connectivity index (χ0v) is 11.5. The molecule has 4 nitrogen and oxygen atoms in total. The first kappa shape index (κ1) is 13.4. The van der Waals surface area contributed by atoms with E-state index in [0.29, 0.717) is 6.42 Å². The molecule has 0 aliphatic carbocycles. The highest BCUT2D eigenvalue weighted by atomic mass is 32.2. The summed E-state index contributed by atoms with van der Waals surface area (Å²) in [5, 5.41) is 9.44. The zero-order chi connectivity index (χ0) is 13.3. The van der Waals surface area contributed by atoms with Crippen molar-refractivity contribution in [1.82, 2.24) is 0 Å². The van der Waals surface area contributed by atoms with Gasteiger partial charge in [-0.25, -0.2) is 8.42 Å². The van der Waals surface area contributed by atoms with Gasteiger partial charge in [0, 0.05) is 18.8 Å². The van der Waals surface area contributed by atoms with E-state index in [-0.39, 0.29) is 17.5 Å². The summed E-state index contributed by atoms with van der Waals surface area (Å²) >= 11 is 0. The van der Waals surface area contributed by atoms with Gasteiger partial charge in [0.05, 0.1) is 17.6 Å². The van der Waals surface area contributed by atoms with Crippen LogP contribution < -0.4 is 4.90 Å². The second-order valence-electron chi connectivity index (χ2n) is 4.94. The van der Waals surface area contributed by atoms with Crippen LogP contribution in [0.2, 0.25) is 0 Å². The maximum Gasteiger partial charge on any atom is 0.152 e. The summed E-state index contributed by atoms with van der Waals surface area (Å²) in [5.74, 6) is 0.523. The molecule has 100 valence electrons. The summed E-state index contributed by atoms with van der Waals surface area (Å²) in [5.41, 5.74) is 1.85. The predicted octanol–water partition coefficient (Wildman–Crippen LogP) is 1.36. The van der Waals surface area contributed by atoms with Crippen LogP contribution in [0.5, 0.6) is 0 Å². The Morgan fingerprint density at radius 1 is 1.33 bits per heavy atom. The summed E-state index contributed by atoms with van der Waals surface area (Å²) in [6.45, 7) is 1.72. The number of hydrogen-bond donors (Lipinski definition) is 1. The minimum Gasteiger partial charge on any atom is -0.389 e. The van der Waals surface area contributed by atoms with Gasteiger partial charge in [-0.2, -0.15) is 0 Å². The van der Waals surface area contributed by atoms with E-state index < -0.39 is 15.9 Å². The number of nitrogens with zero attached hydrogens (tertiary/aromatic N) is 1. The summed E-state index contributed by atoms with van der Waals surface area (Å²) in [6.07, 6.45) is 0.216. The van der Waals surface area contributed by atoms with Gasteiger partial charge in [-0.15, -0.1) is 0 Å². The molecule has 1 aromatic rings. The molecule has 0 radical (unpaired) electrons. The third kappa shape index (κ3) is 2.84. The van der Waals surface area contributed by atoms with E-state index in [1.165, 1.54) is 0 Å². The Kier molecular flexibility index (Phi) is 3.64. The summed E-state index contributed by atoms with van der Waals surface area (Å²) in [6, 6.07) is 7.66. The van der Waals surface area contributed by atoms with Crippen molar-refractivity contribution in [3.8, 4) is 0 Å². The lowest BCUT2D eigenvalue weighted by Crippen LogP contribution is -2.32. The monoisotopic (exact) mass is 269 g/mol. The Balaban J connectivity index is 2.12. The van der Waals surface area contributed by atoms with Crippen LogP contribution in [0.1, 0.15) is 25.0 Å². The van der Waals surface area contributed by atoms with Gasteiger partial charge in [-0.05, 0) is 31.0 Å². The number of anilines is 1. The van der Waals surface area contributed by atoms with Crippen molar-refractivity contribution in [2.24, 2.45) is 0 Å². The Morgan fingerprint density at radius 3 is 2.39 bits per heavy atom. The second kappa shape index (κ2) is 4.90. The maximum atomic E-state index is 11.5. The topological polar surface area (TPSA) is 57.6 Å². The molecule has 1 saturated heterocycles. The smallest absolute Gasteiger partial charge is 0.152 e. The number of hydrogen-bond acceptors (Lipinski definition) is 4. The quantitative estimate of drug-likeness (QED) is 0.900. The molecule has 1 fully saturated rings. The molecule has 2 rings (SSSR count). The molecule has 0 bridgehead atoms. The molecule has 1 heterocycles. The Morgan fingerprint density at radius 2 is 1.94 bits per heavy atom. The van der Waals surface area contributed by atoms with Crippen LogP contribution in [0, 0.1) is 0 Å². The molecule has 1 N–H and O–H groups in total. The minimum absolute atomic E-state index is 0.0624. The molecule has 2 unspecified atom stereocenters. The van der Waals surface area contributed by atoms with Crippen LogP contribution in [0.3, 0.4) is 0 Å². The average Bonchev–Trinajstić information content (AvgIpc) is 2.69. The van der Waals surface area contributed by atoms with Gasteiger partial charge >= 0.3 is 0 Å². The predicted molar refractivity (Wildman–Crippen MR) is 72.5 cm³/mol. The number of aliphatic hydroxyl groups is 1. The van der Waals surface area contributed by atoms with Crippen molar-refractivity contribution in [3.05, 3.63) is 29.8 Å². The number of aliphatic hydroxyl groups excluding tert-OH is 1. The van der Waals surface area contributed by atoms with Crippen LogP contribution >= 0.6 is 0 Å². The van der Waals surface area contributed by atoms with Crippen LogP contribution in [0.25, 0.3) is 0 Å². The number of benzene rings is 1. The SMILES string of the molecule is CC(O)c1ccc(N(C)C2CCS(=O)(=O)C2)cc1. The molecular weight excluding hydrogens is 250 g/mol. The van der Waals surface area contributed by atoms with Gasteiger partial charge in [-0.1, -0.05) is 12.1 Å². The first-order chi connectivity index (χ1) is 8.39. The van der Waals surface area contributed by atoms with Gasteiger partial charge in [0.1, 0.15) is 0 Å².